The number of rotatable bonds is 5. The highest BCUT2D eigenvalue weighted by Gasteiger charge is 2.22. The van der Waals surface area contributed by atoms with Crippen LogP contribution in [0, 0.1) is 5.82 Å². The Morgan fingerprint density at radius 2 is 2.25 bits per heavy atom. The highest BCUT2D eigenvalue weighted by atomic mass is 32.2. The first-order valence-corrected chi connectivity index (χ1v) is 8.69. The van der Waals surface area contributed by atoms with Gasteiger partial charge in [-0.15, -0.1) is 0 Å². The van der Waals surface area contributed by atoms with Crippen LogP contribution in [0.5, 0.6) is 0 Å². The molecule has 2 aliphatic rings. The van der Waals surface area contributed by atoms with Crippen LogP contribution in [0.3, 0.4) is 0 Å². The van der Waals surface area contributed by atoms with Crippen LogP contribution >= 0.6 is 11.8 Å². The third-order valence-corrected chi connectivity index (χ3v) is 5.49. The van der Waals surface area contributed by atoms with Gasteiger partial charge >= 0.3 is 0 Å². The molecule has 4 heteroatoms. The van der Waals surface area contributed by atoms with Crippen LogP contribution in [-0.2, 0) is 6.54 Å². The summed E-state index contributed by atoms with van der Waals surface area (Å²) in [5.74, 6) is 1.03. The van der Waals surface area contributed by atoms with Crippen molar-refractivity contribution in [2.24, 2.45) is 0 Å². The second-order valence-electron chi connectivity index (χ2n) is 5.79. The Morgan fingerprint density at radius 3 is 2.95 bits per heavy atom. The fourth-order valence-corrected chi connectivity index (χ4v) is 3.83. The van der Waals surface area contributed by atoms with Gasteiger partial charge in [-0.3, -0.25) is 0 Å². The topological polar surface area (TPSA) is 15.3 Å². The highest BCUT2D eigenvalue weighted by Crippen LogP contribution is 2.28. The van der Waals surface area contributed by atoms with Crippen molar-refractivity contribution in [2.75, 3.05) is 23.7 Å². The van der Waals surface area contributed by atoms with Crippen molar-refractivity contribution in [1.82, 2.24) is 5.32 Å². The maximum absolute atomic E-state index is 14.3. The van der Waals surface area contributed by atoms with Crippen LogP contribution < -0.4 is 10.2 Å². The molecule has 1 atom stereocenters. The molecule has 1 aliphatic heterocycles. The molecule has 0 radical (unpaired) electrons. The minimum Gasteiger partial charge on any atom is -0.367 e. The van der Waals surface area contributed by atoms with Gasteiger partial charge in [0.15, 0.2) is 0 Å². The lowest BCUT2D eigenvalue weighted by Gasteiger charge is -2.34. The predicted molar refractivity (Wildman–Crippen MR) is 85.0 cm³/mol. The van der Waals surface area contributed by atoms with E-state index < -0.39 is 0 Å². The molecule has 0 amide bonds. The van der Waals surface area contributed by atoms with Gasteiger partial charge in [0.2, 0.25) is 0 Å². The van der Waals surface area contributed by atoms with Gasteiger partial charge in [-0.25, -0.2) is 4.39 Å². The van der Waals surface area contributed by atoms with E-state index in [0.717, 1.165) is 43.1 Å². The highest BCUT2D eigenvalue weighted by molar-refractivity contribution is 8.00. The van der Waals surface area contributed by atoms with Gasteiger partial charge in [0, 0.05) is 36.7 Å². The summed E-state index contributed by atoms with van der Waals surface area (Å²) < 4.78 is 14.3. The monoisotopic (exact) mass is 294 g/mol. The average molecular weight is 294 g/mol. The summed E-state index contributed by atoms with van der Waals surface area (Å²) in [7, 11) is 0. The summed E-state index contributed by atoms with van der Waals surface area (Å²) in [5.41, 5.74) is 1.83. The number of benzene rings is 1. The van der Waals surface area contributed by atoms with Crippen molar-refractivity contribution in [1.29, 1.82) is 0 Å². The number of halogens is 1. The summed E-state index contributed by atoms with van der Waals surface area (Å²) >= 11 is 2.01. The molecule has 0 spiro atoms. The second-order valence-corrected chi connectivity index (χ2v) is 7.20. The summed E-state index contributed by atoms with van der Waals surface area (Å²) in [6.07, 6.45) is 3.70. The summed E-state index contributed by atoms with van der Waals surface area (Å²) in [4.78, 5) is 2.21. The minimum absolute atomic E-state index is 0.0677. The lowest BCUT2D eigenvalue weighted by Crippen LogP contribution is -2.38. The molecule has 1 aromatic rings. The molecule has 1 aliphatic carbocycles. The third kappa shape index (κ3) is 3.47. The fraction of sp³-hybridized carbons (Fsp3) is 0.625. The maximum atomic E-state index is 14.3. The summed E-state index contributed by atoms with van der Waals surface area (Å²) in [5, 5.41) is 4.07. The third-order valence-electron chi connectivity index (χ3n) is 4.12. The fourth-order valence-electron chi connectivity index (χ4n) is 2.65. The molecular formula is C16H23FN2S. The molecule has 1 saturated carbocycles. The maximum Gasteiger partial charge on any atom is 0.146 e. The largest absolute Gasteiger partial charge is 0.367 e. The van der Waals surface area contributed by atoms with E-state index in [0.29, 0.717) is 11.3 Å². The molecule has 2 fully saturated rings. The van der Waals surface area contributed by atoms with E-state index in [1.165, 1.54) is 12.8 Å². The van der Waals surface area contributed by atoms with Crippen molar-refractivity contribution >= 4 is 17.4 Å². The van der Waals surface area contributed by atoms with Gasteiger partial charge in [-0.1, -0.05) is 13.0 Å². The summed E-state index contributed by atoms with van der Waals surface area (Å²) in [6.45, 7) is 4.93. The van der Waals surface area contributed by atoms with E-state index in [9.17, 15) is 4.39 Å². The molecule has 0 bridgehead atoms. The molecule has 20 heavy (non-hydrogen) atoms. The Kier molecular flexibility index (Phi) is 4.51. The van der Waals surface area contributed by atoms with Crippen LogP contribution in [0.4, 0.5) is 10.1 Å². The zero-order chi connectivity index (χ0) is 13.9. The van der Waals surface area contributed by atoms with E-state index in [-0.39, 0.29) is 5.82 Å². The zero-order valence-corrected chi connectivity index (χ0v) is 12.9. The molecule has 1 aromatic carbocycles. The van der Waals surface area contributed by atoms with Crippen LogP contribution in [0.25, 0.3) is 0 Å². The van der Waals surface area contributed by atoms with Crippen molar-refractivity contribution < 1.29 is 4.39 Å². The van der Waals surface area contributed by atoms with Gasteiger partial charge < -0.3 is 10.2 Å². The van der Waals surface area contributed by atoms with E-state index in [4.69, 9.17) is 0 Å². The minimum atomic E-state index is -0.0677. The first-order valence-electron chi connectivity index (χ1n) is 7.64. The SMILES string of the molecule is CCC1CN(c2ccc(CNC3CC3)cc2F)CCS1. The Labute approximate surface area is 125 Å². The van der Waals surface area contributed by atoms with Gasteiger partial charge in [-0.05, 0) is 37.0 Å². The van der Waals surface area contributed by atoms with Crippen LogP contribution in [0.1, 0.15) is 31.7 Å². The van der Waals surface area contributed by atoms with Crippen molar-refractivity contribution in [3.63, 3.8) is 0 Å². The Morgan fingerprint density at radius 1 is 1.40 bits per heavy atom. The Balaban J connectivity index is 1.66. The van der Waals surface area contributed by atoms with E-state index in [1.54, 1.807) is 6.07 Å². The predicted octanol–water partition coefficient (Wildman–Crippen LogP) is 3.41. The molecule has 2 nitrogen and oxygen atoms in total. The molecule has 0 aromatic heterocycles. The molecular weight excluding hydrogens is 271 g/mol. The smallest absolute Gasteiger partial charge is 0.146 e. The molecule has 1 heterocycles. The lowest BCUT2D eigenvalue weighted by atomic mass is 10.1. The molecule has 1 N–H and O–H groups in total. The van der Waals surface area contributed by atoms with Crippen LogP contribution in [0.2, 0.25) is 0 Å². The number of nitrogens with one attached hydrogen (secondary N) is 1. The van der Waals surface area contributed by atoms with Crippen LogP contribution in [0.15, 0.2) is 18.2 Å². The standard InChI is InChI=1S/C16H23FN2S/c1-2-14-11-19(7-8-20-14)16-6-3-12(9-15(16)17)10-18-13-4-5-13/h3,6,9,13-14,18H,2,4-5,7-8,10-11H2,1H3. The first-order chi connectivity index (χ1) is 9.76. The molecule has 110 valence electrons. The number of nitrogens with zero attached hydrogens (tertiary/aromatic N) is 1. The average Bonchev–Trinajstić information content (AvgIpc) is 3.29. The van der Waals surface area contributed by atoms with E-state index in [2.05, 4.69) is 23.2 Å². The van der Waals surface area contributed by atoms with Crippen LogP contribution in [-0.4, -0.2) is 30.1 Å². The van der Waals surface area contributed by atoms with Gasteiger partial charge in [0.25, 0.3) is 0 Å². The lowest BCUT2D eigenvalue weighted by molar-refractivity contribution is 0.607. The van der Waals surface area contributed by atoms with Crippen molar-refractivity contribution in [3.8, 4) is 0 Å². The number of thioether (sulfide) groups is 1. The van der Waals surface area contributed by atoms with Crippen molar-refractivity contribution in [3.05, 3.63) is 29.6 Å². The number of anilines is 1. The van der Waals surface area contributed by atoms with Gasteiger partial charge in [0.1, 0.15) is 5.82 Å². The van der Waals surface area contributed by atoms with Gasteiger partial charge in [0.05, 0.1) is 5.69 Å². The van der Waals surface area contributed by atoms with Gasteiger partial charge in [-0.2, -0.15) is 11.8 Å². The molecule has 1 unspecified atom stereocenters. The Bertz CT molecular complexity index is 462. The molecule has 3 rings (SSSR count). The first kappa shape index (κ1) is 14.2. The van der Waals surface area contributed by atoms with Crippen molar-refractivity contribution in [2.45, 2.75) is 44.0 Å². The van der Waals surface area contributed by atoms with E-state index >= 15 is 0 Å². The normalized spacial score (nSPS) is 23.1. The number of hydrogen-bond acceptors (Lipinski definition) is 3. The number of hydrogen-bond donors (Lipinski definition) is 1. The van der Waals surface area contributed by atoms with E-state index in [1.807, 2.05) is 17.8 Å². The zero-order valence-electron chi connectivity index (χ0n) is 12.1. The second kappa shape index (κ2) is 6.35. The summed E-state index contributed by atoms with van der Waals surface area (Å²) in [6, 6.07) is 6.40. The Hall–Kier alpha value is -0.740. The quantitative estimate of drug-likeness (QED) is 0.896. The molecule has 1 saturated heterocycles.